The van der Waals surface area contributed by atoms with Gasteiger partial charge >= 0.3 is 0 Å². The summed E-state index contributed by atoms with van der Waals surface area (Å²) < 4.78 is 0. The van der Waals surface area contributed by atoms with Crippen LogP contribution in [0.1, 0.15) is 12.5 Å². The lowest BCUT2D eigenvalue weighted by Gasteiger charge is -2.37. The fourth-order valence-electron chi connectivity index (χ4n) is 2.41. The molecule has 0 aliphatic carbocycles. The molecule has 0 bridgehead atoms. The Bertz CT molecular complexity index is 439. The Balaban J connectivity index is 1.94. The Kier molecular flexibility index (Phi) is 4.43. The highest BCUT2D eigenvalue weighted by atomic mass is 16.2. The Hall–Kier alpha value is -1.55. The highest BCUT2D eigenvalue weighted by molar-refractivity contribution is 5.81. The summed E-state index contributed by atoms with van der Waals surface area (Å²) in [7, 11) is 1.82. The quantitative estimate of drug-likeness (QED) is 0.889. The first-order chi connectivity index (χ1) is 9.11. The number of rotatable bonds is 3. The predicted octanol–water partition coefficient (Wildman–Crippen LogP) is 1.25. The molecular formula is C15H23N3O. The first-order valence-electron chi connectivity index (χ1n) is 6.89. The van der Waals surface area contributed by atoms with Crippen LogP contribution in [0, 0.1) is 6.92 Å². The summed E-state index contributed by atoms with van der Waals surface area (Å²) in [5.41, 5.74) is 2.54. The third kappa shape index (κ3) is 3.26. The SMILES string of the molecule is CNC(C)C(=O)N1CCN(c2cccc(C)c2)CC1. The number of aryl methyl sites for hydroxylation is 1. The maximum Gasteiger partial charge on any atom is 0.239 e. The van der Waals surface area contributed by atoms with Gasteiger partial charge in [-0.05, 0) is 38.6 Å². The molecule has 0 spiro atoms. The number of nitrogens with one attached hydrogen (secondary N) is 1. The highest BCUT2D eigenvalue weighted by Gasteiger charge is 2.24. The van der Waals surface area contributed by atoms with Crippen LogP contribution in [0.25, 0.3) is 0 Å². The maximum absolute atomic E-state index is 12.1. The molecule has 1 amide bonds. The Morgan fingerprint density at radius 3 is 2.53 bits per heavy atom. The highest BCUT2D eigenvalue weighted by Crippen LogP contribution is 2.17. The van der Waals surface area contributed by atoms with Gasteiger partial charge in [0.25, 0.3) is 0 Å². The van der Waals surface area contributed by atoms with Crippen molar-refractivity contribution in [2.24, 2.45) is 0 Å². The maximum atomic E-state index is 12.1. The lowest BCUT2D eigenvalue weighted by Crippen LogP contribution is -2.53. The van der Waals surface area contributed by atoms with Gasteiger partial charge in [-0.15, -0.1) is 0 Å². The minimum atomic E-state index is -0.0921. The van der Waals surface area contributed by atoms with E-state index in [1.807, 2.05) is 18.9 Å². The Morgan fingerprint density at radius 1 is 1.26 bits per heavy atom. The molecule has 1 N–H and O–H groups in total. The second-order valence-electron chi connectivity index (χ2n) is 5.16. The minimum Gasteiger partial charge on any atom is -0.368 e. The molecule has 0 saturated carbocycles. The van der Waals surface area contributed by atoms with Crippen LogP contribution in [0.3, 0.4) is 0 Å². The second kappa shape index (κ2) is 6.06. The normalized spacial score (nSPS) is 17.4. The van der Waals surface area contributed by atoms with Gasteiger partial charge in [-0.1, -0.05) is 12.1 Å². The van der Waals surface area contributed by atoms with E-state index in [0.717, 1.165) is 26.2 Å². The fourth-order valence-corrected chi connectivity index (χ4v) is 2.41. The number of piperazine rings is 1. The molecule has 1 aliphatic rings. The summed E-state index contributed by atoms with van der Waals surface area (Å²) in [5.74, 6) is 0.200. The molecule has 1 fully saturated rings. The number of nitrogens with zero attached hydrogens (tertiary/aromatic N) is 2. The zero-order valence-electron chi connectivity index (χ0n) is 12.0. The average molecular weight is 261 g/mol. The topological polar surface area (TPSA) is 35.6 Å². The molecule has 1 unspecified atom stereocenters. The third-order valence-corrected chi connectivity index (χ3v) is 3.76. The summed E-state index contributed by atoms with van der Waals surface area (Å²) in [6.07, 6.45) is 0. The molecule has 0 radical (unpaired) electrons. The zero-order valence-corrected chi connectivity index (χ0v) is 12.0. The fraction of sp³-hybridized carbons (Fsp3) is 0.533. The van der Waals surface area contributed by atoms with Crippen molar-refractivity contribution in [1.29, 1.82) is 0 Å². The van der Waals surface area contributed by atoms with Gasteiger partial charge in [-0.25, -0.2) is 0 Å². The molecule has 0 aromatic heterocycles. The van der Waals surface area contributed by atoms with Gasteiger partial charge in [-0.2, -0.15) is 0 Å². The number of hydrogen-bond acceptors (Lipinski definition) is 3. The van der Waals surface area contributed by atoms with Gasteiger partial charge in [0.05, 0.1) is 6.04 Å². The van der Waals surface area contributed by atoms with Gasteiger partial charge in [0, 0.05) is 31.9 Å². The van der Waals surface area contributed by atoms with Crippen molar-refractivity contribution in [3.05, 3.63) is 29.8 Å². The molecule has 1 atom stereocenters. The first-order valence-corrected chi connectivity index (χ1v) is 6.89. The molecule has 1 aromatic rings. The van der Waals surface area contributed by atoms with E-state index < -0.39 is 0 Å². The van der Waals surface area contributed by atoms with Crippen LogP contribution in [0.5, 0.6) is 0 Å². The number of benzene rings is 1. The summed E-state index contributed by atoms with van der Waals surface area (Å²) in [6, 6.07) is 8.45. The number of likely N-dealkylation sites (N-methyl/N-ethyl adjacent to an activating group) is 1. The lowest BCUT2D eigenvalue weighted by atomic mass is 10.2. The third-order valence-electron chi connectivity index (χ3n) is 3.76. The van der Waals surface area contributed by atoms with Crippen LogP contribution in [0.4, 0.5) is 5.69 Å². The predicted molar refractivity (Wildman–Crippen MR) is 78.5 cm³/mol. The van der Waals surface area contributed by atoms with Gasteiger partial charge in [0.1, 0.15) is 0 Å². The van der Waals surface area contributed by atoms with Crippen LogP contribution >= 0.6 is 0 Å². The molecule has 19 heavy (non-hydrogen) atoms. The van der Waals surface area contributed by atoms with E-state index in [4.69, 9.17) is 0 Å². The van der Waals surface area contributed by atoms with Crippen molar-refractivity contribution in [3.63, 3.8) is 0 Å². The van der Waals surface area contributed by atoms with E-state index in [2.05, 4.69) is 41.4 Å². The van der Waals surface area contributed by atoms with Gasteiger partial charge in [0.2, 0.25) is 5.91 Å². The summed E-state index contributed by atoms with van der Waals surface area (Å²) >= 11 is 0. The van der Waals surface area contributed by atoms with Crippen LogP contribution < -0.4 is 10.2 Å². The Morgan fingerprint density at radius 2 is 1.95 bits per heavy atom. The lowest BCUT2D eigenvalue weighted by molar-refractivity contribution is -0.133. The Labute approximate surface area is 115 Å². The monoisotopic (exact) mass is 261 g/mol. The molecule has 1 saturated heterocycles. The number of hydrogen-bond donors (Lipinski definition) is 1. The number of carbonyl (C=O) groups excluding carboxylic acids is 1. The van der Waals surface area contributed by atoms with Crippen molar-refractivity contribution in [2.45, 2.75) is 19.9 Å². The summed E-state index contributed by atoms with van der Waals surface area (Å²) in [6.45, 7) is 7.45. The number of amides is 1. The standard InChI is InChI=1S/C15H23N3O/c1-12-5-4-6-14(11-12)17-7-9-18(10-8-17)15(19)13(2)16-3/h4-6,11,13,16H,7-10H2,1-3H3. The first kappa shape index (κ1) is 13.9. The molecule has 1 aromatic carbocycles. The van der Waals surface area contributed by atoms with Gasteiger partial charge < -0.3 is 15.1 Å². The molecule has 4 nitrogen and oxygen atoms in total. The molecule has 104 valence electrons. The van der Waals surface area contributed by atoms with Crippen molar-refractivity contribution < 1.29 is 4.79 Å². The van der Waals surface area contributed by atoms with Gasteiger partial charge in [-0.3, -0.25) is 4.79 Å². The van der Waals surface area contributed by atoms with E-state index in [9.17, 15) is 4.79 Å². The van der Waals surface area contributed by atoms with Crippen molar-refractivity contribution in [3.8, 4) is 0 Å². The molecule has 4 heteroatoms. The van der Waals surface area contributed by atoms with E-state index >= 15 is 0 Å². The molecule has 2 rings (SSSR count). The van der Waals surface area contributed by atoms with Gasteiger partial charge in [0.15, 0.2) is 0 Å². The van der Waals surface area contributed by atoms with E-state index in [1.54, 1.807) is 0 Å². The average Bonchev–Trinajstić information content (AvgIpc) is 2.46. The minimum absolute atomic E-state index is 0.0921. The van der Waals surface area contributed by atoms with Crippen LogP contribution in [0.2, 0.25) is 0 Å². The van der Waals surface area contributed by atoms with Crippen molar-refractivity contribution in [2.75, 3.05) is 38.1 Å². The largest absolute Gasteiger partial charge is 0.368 e. The van der Waals surface area contributed by atoms with Crippen LogP contribution in [0.15, 0.2) is 24.3 Å². The van der Waals surface area contributed by atoms with Crippen LogP contribution in [-0.2, 0) is 4.79 Å². The van der Waals surface area contributed by atoms with Crippen molar-refractivity contribution in [1.82, 2.24) is 10.2 Å². The molecule has 1 aliphatic heterocycles. The van der Waals surface area contributed by atoms with Crippen molar-refractivity contribution >= 4 is 11.6 Å². The molecular weight excluding hydrogens is 238 g/mol. The van der Waals surface area contributed by atoms with E-state index in [1.165, 1.54) is 11.3 Å². The van der Waals surface area contributed by atoms with E-state index in [-0.39, 0.29) is 11.9 Å². The molecule has 1 heterocycles. The second-order valence-corrected chi connectivity index (χ2v) is 5.16. The number of anilines is 1. The number of carbonyl (C=O) groups is 1. The summed E-state index contributed by atoms with van der Waals surface area (Å²) in [4.78, 5) is 16.4. The van der Waals surface area contributed by atoms with Crippen LogP contribution in [-0.4, -0.2) is 50.1 Å². The smallest absolute Gasteiger partial charge is 0.239 e. The summed E-state index contributed by atoms with van der Waals surface area (Å²) in [5, 5.41) is 3.01. The zero-order chi connectivity index (χ0) is 13.8. The van der Waals surface area contributed by atoms with E-state index in [0.29, 0.717) is 0 Å².